The second-order valence-corrected chi connectivity index (χ2v) is 14.5. The van der Waals surface area contributed by atoms with E-state index in [1.165, 1.54) is 0 Å². The number of carbonyl (C=O) groups is 1. The first-order valence-electron chi connectivity index (χ1n) is 15.8. The minimum Gasteiger partial charge on any atom is -0.360 e. The van der Waals surface area contributed by atoms with Crippen molar-refractivity contribution >= 4 is 68.5 Å². The molecular formula is C34H43Cl2N5O2S2. The highest BCUT2D eigenvalue weighted by atomic mass is 35.5. The number of hydrogen-bond acceptors (Lipinski definition) is 9. The molecule has 2 aliphatic carbocycles. The summed E-state index contributed by atoms with van der Waals surface area (Å²) in [7, 11) is 0. The number of halogens is 2. The highest BCUT2D eigenvalue weighted by Crippen LogP contribution is 2.48. The molecule has 11 heteroatoms. The van der Waals surface area contributed by atoms with Crippen LogP contribution in [0.2, 0.25) is 10.0 Å². The highest BCUT2D eigenvalue weighted by molar-refractivity contribution is 7.77. The molecule has 7 nitrogen and oxygen atoms in total. The number of carbonyl (C=O) groups excluding carboxylic acids is 1. The fraction of sp³-hybridized carbons (Fsp3) is 0.500. The van der Waals surface area contributed by atoms with Gasteiger partial charge in [0.2, 0.25) is 0 Å². The fourth-order valence-corrected chi connectivity index (χ4v) is 7.92. The van der Waals surface area contributed by atoms with Crippen LogP contribution in [-0.4, -0.2) is 34.6 Å². The molecule has 2 aliphatic rings. The van der Waals surface area contributed by atoms with Crippen molar-refractivity contribution in [3.8, 4) is 11.3 Å². The molecule has 2 fully saturated rings. The van der Waals surface area contributed by atoms with Crippen LogP contribution in [0.4, 0.5) is 5.13 Å². The van der Waals surface area contributed by atoms with Crippen LogP contribution in [-0.2, 0) is 6.54 Å². The summed E-state index contributed by atoms with van der Waals surface area (Å²) in [6.07, 6.45) is 6.14. The third-order valence-electron chi connectivity index (χ3n) is 9.26. The number of aryl methyl sites for hydroxylation is 1. The number of nitrogens with one attached hydrogen (secondary N) is 1. The molecule has 0 radical (unpaired) electrons. The smallest absolute Gasteiger partial charge is 0.186 e. The summed E-state index contributed by atoms with van der Waals surface area (Å²) >= 11 is 17.9. The Morgan fingerprint density at radius 1 is 1.22 bits per heavy atom. The zero-order valence-corrected chi connectivity index (χ0v) is 29.8. The summed E-state index contributed by atoms with van der Waals surface area (Å²) in [5.41, 5.74) is 5.25. The Bertz CT molecular complexity index is 1640. The summed E-state index contributed by atoms with van der Waals surface area (Å²) < 4.78 is 6.97. The largest absolute Gasteiger partial charge is 0.360 e. The van der Waals surface area contributed by atoms with Gasteiger partial charge >= 0.3 is 0 Å². The van der Waals surface area contributed by atoms with E-state index in [0.717, 1.165) is 94.1 Å². The van der Waals surface area contributed by atoms with Crippen molar-refractivity contribution in [1.29, 1.82) is 0 Å². The first-order valence-corrected chi connectivity index (χ1v) is 17.9. The molecular weight excluding hydrogens is 645 g/mol. The maximum absolute atomic E-state index is 13.1. The molecule has 2 heterocycles. The van der Waals surface area contributed by atoms with Crippen molar-refractivity contribution in [1.82, 2.24) is 15.5 Å². The van der Waals surface area contributed by atoms with Gasteiger partial charge in [0, 0.05) is 53.2 Å². The van der Waals surface area contributed by atoms with Crippen LogP contribution in [0, 0.1) is 12.3 Å². The van der Waals surface area contributed by atoms with Gasteiger partial charge in [0.15, 0.2) is 10.9 Å². The molecule has 45 heavy (non-hydrogen) atoms. The number of ketones is 1. The molecule has 2 unspecified atom stereocenters. The molecule has 2 aromatic carbocycles. The Morgan fingerprint density at radius 3 is 2.51 bits per heavy atom. The number of fused-ring (bicyclic) bond motifs is 1. The molecule has 0 spiro atoms. The molecule has 6 rings (SSSR count). The van der Waals surface area contributed by atoms with Crippen molar-refractivity contribution in [3.63, 3.8) is 0 Å². The Balaban J connectivity index is 0.00000196. The lowest BCUT2D eigenvalue weighted by Crippen LogP contribution is -2.39. The zero-order chi connectivity index (χ0) is 32.5. The maximum atomic E-state index is 13.1. The average Bonchev–Trinajstić information content (AvgIpc) is 3.93. The van der Waals surface area contributed by atoms with Gasteiger partial charge in [-0.1, -0.05) is 59.6 Å². The predicted octanol–water partition coefficient (Wildman–Crippen LogP) is 9.39. The van der Waals surface area contributed by atoms with Crippen LogP contribution in [0.25, 0.3) is 21.5 Å². The van der Waals surface area contributed by atoms with E-state index in [2.05, 4.69) is 74.0 Å². The molecule has 2 atom stereocenters. The Labute approximate surface area is 285 Å². The Hall–Kier alpha value is -2.14. The predicted molar refractivity (Wildman–Crippen MR) is 191 cm³/mol. The van der Waals surface area contributed by atoms with Crippen molar-refractivity contribution in [2.45, 2.75) is 97.7 Å². The van der Waals surface area contributed by atoms with Gasteiger partial charge < -0.3 is 14.7 Å². The molecule has 3 N–H and O–H groups in total. The van der Waals surface area contributed by atoms with Crippen LogP contribution in [0.3, 0.4) is 0 Å². The number of thiazole rings is 1. The molecule has 2 aromatic heterocycles. The number of Topliss-reactive ketones (excluding diaryl/α,β-unsaturated/α-hetero) is 1. The number of thiol groups is 1. The lowest BCUT2D eigenvalue weighted by atomic mass is 9.95. The van der Waals surface area contributed by atoms with Gasteiger partial charge in [-0.05, 0) is 89.1 Å². The zero-order valence-electron chi connectivity index (χ0n) is 26.6. The average molecular weight is 689 g/mol. The topological polar surface area (TPSA) is 97.3 Å². The highest BCUT2D eigenvalue weighted by Gasteiger charge is 2.45. The van der Waals surface area contributed by atoms with Gasteiger partial charge in [-0.25, -0.2) is 4.98 Å². The van der Waals surface area contributed by atoms with E-state index in [4.69, 9.17) is 32.7 Å². The van der Waals surface area contributed by atoms with Crippen LogP contribution < -0.4 is 15.4 Å². The number of nitrogens with two attached hydrogens (primary N) is 1. The van der Waals surface area contributed by atoms with Crippen LogP contribution in [0.5, 0.6) is 0 Å². The van der Waals surface area contributed by atoms with Gasteiger partial charge in [-0.3, -0.25) is 9.93 Å². The van der Waals surface area contributed by atoms with E-state index in [-0.39, 0.29) is 23.3 Å². The van der Waals surface area contributed by atoms with E-state index in [0.29, 0.717) is 22.5 Å². The molecule has 0 bridgehead atoms. The maximum Gasteiger partial charge on any atom is 0.186 e. The number of anilines is 1. The summed E-state index contributed by atoms with van der Waals surface area (Å²) in [5.74, 6) is 1.64. The van der Waals surface area contributed by atoms with Crippen molar-refractivity contribution in [2.75, 3.05) is 11.4 Å². The lowest BCUT2D eigenvalue weighted by molar-refractivity contribution is 0.0912. The van der Waals surface area contributed by atoms with Crippen molar-refractivity contribution < 1.29 is 9.32 Å². The Kier molecular flexibility index (Phi) is 10.9. The quantitative estimate of drug-likeness (QED) is 0.0952. The molecule has 242 valence electrons. The number of rotatable bonds is 13. The van der Waals surface area contributed by atoms with E-state index >= 15 is 0 Å². The summed E-state index contributed by atoms with van der Waals surface area (Å²) in [6, 6.07) is 10.2. The van der Waals surface area contributed by atoms with Crippen molar-refractivity contribution in [2.24, 2.45) is 10.6 Å². The molecule has 4 aromatic rings. The minimum absolute atomic E-state index is 0.175. The third kappa shape index (κ3) is 7.24. The van der Waals surface area contributed by atoms with Crippen molar-refractivity contribution in [3.05, 3.63) is 62.8 Å². The second kappa shape index (κ2) is 14.3. The van der Waals surface area contributed by atoms with E-state index in [1.54, 1.807) is 11.3 Å². The number of benzene rings is 2. The van der Waals surface area contributed by atoms with Gasteiger partial charge in [0.05, 0.1) is 20.3 Å². The summed E-state index contributed by atoms with van der Waals surface area (Å²) in [4.78, 5) is 20.5. The third-order valence-corrected chi connectivity index (χ3v) is 10.9. The summed E-state index contributed by atoms with van der Waals surface area (Å²) in [5, 5.41) is 14.6. The fourth-order valence-electron chi connectivity index (χ4n) is 6.10. The number of hydrogen-bond donors (Lipinski definition) is 3. The van der Waals surface area contributed by atoms with E-state index < -0.39 is 0 Å². The van der Waals surface area contributed by atoms with E-state index in [1.807, 2.05) is 24.3 Å². The van der Waals surface area contributed by atoms with Crippen LogP contribution in [0.15, 0.2) is 34.9 Å². The van der Waals surface area contributed by atoms with Gasteiger partial charge in [0.1, 0.15) is 11.5 Å². The standard InChI is InChI=1S/C34H40Cl2N4O2S.H3NS/c1-6-23(37-18-24-30(39-42-31(24)21-11-12-21)28-25(35)9-8-10-26(28)36)16-20(4)40(7-2)33-38-29-19(3)15-22(17-27(29)43-33)32(41)34(5)13-14-34;1-2/h8-10,15,17,20-21,23,37H,6-7,11-14,16,18H2,1-5H3;2H,1H2. The normalized spacial score (nSPS) is 16.6. The monoisotopic (exact) mass is 687 g/mol. The van der Waals surface area contributed by atoms with E-state index in [9.17, 15) is 4.79 Å². The first-order chi connectivity index (χ1) is 21.6. The molecule has 0 saturated heterocycles. The molecule has 0 aliphatic heterocycles. The van der Waals surface area contributed by atoms with Gasteiger partial charge in [-0.2, -0.15) is 0 Å². The van der Waals surface area contributed by atoms with Crippen LogP contribution in [0.1, 0.15) is 99.4 Å². The van der Waals surface area contributed by atoms with Gasteiger partial charge in [0.25, 0.3) is 0 Å². The number of aromatic nitrogens is 2. The molecule has 0 amide bonds. The minimum atomic E-state index is -0.175. The molecule has 2 saturated carbocycles. The SMILES string of the molecule is CCC(CC(C)N(CC)c1nc2c(C)cc(C(=O)C3(C)CC3)cc2s1)NCc1c(-c2c(Cl)cccc2Cl)noc1C1CC1.NS. The number of nitrogens with zero attached hydrogens (tertiary/aromatic N) is 3. The van der Waals surface area contributed by atoms with Crippen LogP contribution >= 0.6 is 47.4 Å². The lowest BCUT2D eigenvalue weighted by Gasteiger charge is -2.31. The summed E-state index contributed by atoms with van der Waals surface area (Å²) in [6.45, 7) is 12.3. The van der Waals surface area contributed by atoms with Gasteiger partial charge in [-0.15, -0.1) is 12.8 Å². The Morgan fingerprint density at radius 2 is 1.91 bits per heavy atom. The second-order valence-electron chi connectivity index (χ2n) is 12.6. The first kappa shape index (κ1) is 34.2.